The number of carbonyl (C=O) groups is 1. The number of carbonyl (C=O) groups excluding carboxylic acids is 1. The molecular formula is C18H37IN4O5S. The van der Waals surface area contributed by atoms with Crippen molar-refractivity contribution in [3.8, 4) is 0 Å². The number of halogens is 1. The molecule has 1 aliphatic heterocycles. The van der Waals surface area contributed by atoms with Crippen LogP contribution in [0.4, 0.5) is 4.79 Å². The molecule has 9 nitrogen and oxygen atoms in total. The van der Waals surface area contributed by atoms with Gasteiger partial charge in [-0.25, -0.2) is 13.2 Å². The van der Waals surface area contributed by atoms with Crippen molar-refractivity contribution >= 4 is 45.9 Å². The summed E-state index contributed by atoms with van der Waals surface area (Å²) in [5.74, 6) is 0.504. The van der Waals surface area contributed by atoms with Gasteiger partial charge in [0.25, 0.3) is 0 Å². The Balaban J connectivity index is 0.00000784. The van der Waals surface area contributed by atoms with Crippen LogP contribution >= 0.6 is 24.0 Å². The molecule has 1 heterocycles. The van der Waals surface area contributed by atoms with Crippen LogP contribution in [0.15, 0.2) is 4.99 Å². The third kappa shape index (κ3) is 9.69. The quantitative estimate of drug-likeness (QED) is 0.297. The molecule has 0 saturated carbocycles. The minimum atomic E-state index is -3.06. The van der Waals surface area contributed by atoms with E-state index in [2.05, 4.69) is 15.6 Å². The van der Waals surface area contributed by atoms with Crippen molar-refractivity contribution in [2.24, 2.45) is 4.99 Å². The van der Waals surface area contributed by atoms with E-state index in [1.54, 1.807) is 4.90 Å². The number of aliphatic imine (C=N–C) groups is 1. The first-order valence-corrected chi connectivity index (χ1v) is 11.6. The van der Waals surface area contributed by atoms with E-state index < -0.39 is 27.3 Å². The van der Waals surface area contributed by atoms with Crippen LogP contribution in [0.25, 0.3) is 0 Å². The lowest BCUT2D eigenvalue weighted by atomic mass is 10.1. The molecule has 172 valence electrons. The first-order valence-electron chi connectivity index (χ1n) is 9.56. The Bertz CT molecular complexity index is 676. The molecule has 2 unspecified atom stereocenters. The molecule has 29 heavy (non-hydrogen) atoms. The standard InChI is InChI=1S/C18H36N4O5S.HI/c1-9-19-15(20-10-11-28(8,24)25)21-12-14-13(2)26-18(6,7)22(14)16(23)27-17(3,4)5;/h13-14H,9-12H2,1-8H3,(H2,19,20,21);1H. The largest absolute Gasteiger partial charge is 0.444 e. The zero-order chi connectivity index (χ0) is 21.8. The third-order valence-corrected chi connectivity index (χ3v) is 5.01. The van der Waals surface area contributed by atoms with Crippen molar-refractivity contribution in [2.45, 2.75) is 71.9 Å². The average Bonchev–Trinajstić information content (AvgIpc) is 2.70. The van der Waals surface area contributed by atoms with Crippen molar-refractivity contribution in [1.82, 2.24) is 15.5 Å². The number of rotatable bonds is 6. The number of nitrogens with one attached hydrogen (secondary N) is 2. The van der Waals surface area contributed by atoms with Crippen molar-refractivity contribution in [3.05, 3.63) is 0 Å². The minimum absolute atomic E-state index is 0. The van der Waals surface area contributed by atoms with Crippen LogP contribution in [0.2, 0.25) is 0 Å². The van der Waals surface area contributed by atoms with E-state index in [-0.39, 0.29) is 55.0 Å². The molecule has 1 fully saturated rings. The molecule has 0 spiro atoms. The Morgan fingerprint density at radius 2 is 1.86 bits per heavy atom. The predicted molar refractivity (Wildman–Crippen MR) is 126 cm³/mol. The monoisotopic (exact) mass is 548 g/mol. The van der Waals surface area contributed by atoms with Gasteiger partial charge in [-0.05, 0) is 48.5 Å². The summed E-state index contributed by atoms with van der Waals surface area (Å²) < 4.78 is 34.1. The summed E-state index contributed by atoms with van der Waals surface area (Å²) in [5.41, 5.74) is -1.43. The molecule has 11 heteroatoms. The normalized spacial score (nSPS) is 22.1. The minimum Gasteiger partial charge on any atom is -0.444 e. The van der Waals surface area contributed by atoms with E-state index in [1.807, 2.05) is 48.5 Å². The van der Waals surface area contributed by atoms with Crippen LogP contribution in [0, 0.1) is 0 Å². The van der Waals surface area contributed by atoms with E-state index in [0.29, 0.717) is 12.5 Å². The number of sulfone groups is 1. The van der Waals surface area contributed by atoms with Gasteiger partial charge in [0.15, 0.2) is 5.96 Å². The van der Waals surface area contributed by atoms with Gasteiger partial charge in [-0.3, -0.25) is 9.89 Å². The molecule has 2 atom stereocenters. The molecule has 1 rings (SSSR count). The van der Waals surface area contributed by atoms with Crippen molar-refractivity contribution in [3.63, 3.8) is 0 Å². The van der Waals surface area contributed by atoms with Gasteiger partial charge in [0, 0.05) is 19.3 Å². The number of amides is 1. The lowest BCUT2D eigenvalue weighted by molar-refractivity contribution is -0.0755. The van der Waals surface area contributed by atoms with Gasteiger partial charge in [-0.15, -0.1) is 24.0 Å². The average molecular weight is 548 g/mol. The van der Waals surface area contributed by atoms with Gasteiger partial charge in [0.2, 0.25) is 0 Å². The van der Waals surface area contributed by atoms with E-state index in [0.717, 1.165) is 0 Å². The van der Waals surface area contributed by atoms with Crippen molar-refractivity contribution < 1.29 is 22.7 Å². The summed E-state index contributed by atoms with van der Waals surface area (Å²) in [6.07, 6.45) is 0.513. The Morgan fingerprint density at radius 3 is 2.34 bits per heavy atom. The Labute approximate surface area is 192 Å². The van der Waals surface area contributed by atoms with Crippen LogP contribution in [0.5, 0.6) is 0 Å². The summed E-state index contributed by atoms with van der Waals surface area (Å²) in [6.45, 7) is 14.1. The van der Waals surface area contributed by atoms with E-state index in [4.69, 9.17) is 9.47 Å². The van der Waals surface area contributed by atoms with Crippen LogP contribution in [0.1, 0.15) is 48.5 Å². The summed E-state index contributed by atoms with van der Waals surface area (Å²) in [6, 6.07) is -0.310. The Kier molecular flexibility index (Phi) is 10.7. The maximum absolute atomic E-state index is 12.8. The smallest absolute Gasteiger partial charge is 0.412 e. The fourth-order valence-corrected chi connectivity index (χ4v) is 3.45. The van der Waals surface area contributed by atoms with Gasteiger partial charge in [-0.2, -0.15) is 0 Å². The third-order valence-electron chi connectivity index (χ3n) is 4.06. The molecule has 0 aromatic carbocycles. The molecule has 0 aromatic heterocycles. The lowest BCUT2D eigenvalue weighted by Crippen LogP contribution is -2.51. The highest BCUT2D eigenvalue weighted by Gasteiger charge is 2.49. The molecular weight excluding hydrogens is 511 g/mol. The molecule has 0 bridgehead atoms. The molecule has 1 saturated heterocycles. The number of hydrogen-bond donors (Lipinski definition) is 2. The maximum atomic E-state index is 12.8. The van der Waals surface area contributed by atoms with E-state index >= 15 is 0 Å². The van der Waals surface area contributed by atoms with E-state index in [1.165, 1.54) is 6.26 Å². The van der Waals surface area contributed by atoms with Gasteiger partial charge < -0.3 is 20.1 Å². The SMILES string of the molecule is CCNC(=NCC1C(C)OC(C)(C)N1C(=O)OC(C)(C)C)NCCS(C)(=O)=O.I. The summed E-state index contributed by atoms with van der Waals surface area (Å²) >= 11 is 0. The molecule has 1 aliphatic rings. The zero-order valence-electron chi connectivity index (χ0n) is 18.7. The molecule has 0 radical (unpaired) electrons. The Morgan fingerprint density at radius 1 is 1.28 bits per heavy atom. The van der Waals surface area contributed by atoms with Gasteiger partial charge in [0.05, 0.1) is 24.4 Å². The Hall–Kier alpha value is -0.820. The lowest BCUT2D eigenvalue weighted by Gasteiger charge is -2.34. The van der Waals surface area contributed by atoms with Crippen LogP contribution < -0.4 is 10.6 Å². The second-order valence-corrected chi connectivity index (χ2v) is 10.7. The molecule has 1 amide bonds. The number of hydrogen-bond acceptors (Lipinski definition) is 6. The van der Waals surface area contributed by atoms with Gasteiger partial charge in [0.1, 0.15) is 21.2 Å². The van der Waals surface area contributed by atoms with E-state index in [9.17, 15) is 13.2 Å². The second kappa shape index (κ2) is 11.0. The highest BCUT2D eigenvalue weighted by molar-refractivity contribution is 14.0. The number of nitrogens with zero attached hydrogens (tertiary/aromatic N) is 2. The summed E-state index contributed by atoms with van der Waals surface area (Å²) in [4.78, 5) is 18.9. The summed E-state index contributed by atoms with van der Waals surface area (Å²) in [5, 5.41) is 6.08. The highest BCUT2D eigenvalue weighted by atomic mass is 127. The van der Waals surface area contributed by atoms with Gasteiger partial charge >= 0.3 is 6.09 Å². The highest BCUT2D eigenvalue weighted by Crippen LogP contribution is 2.33. The molecule has 0 aliphatic carbocycles. The van der Waals surface area contributed by atoms with Gasteiger partial charge in [-0.1, -0.05) is 0 Å². The predicted octanol–water partition coefficient (Wildman–Crippen LogP) is 1.96. The first-order chi connectivity index (χ1) is 12.7. The topological polar surface area (TPSA) is 109 Å². The first kappa shape index (κ1) is 28.2. The van der Waals surface area contributed by atoms with Crippen LogP contribution in [-0.2, 0) is 19.3 Å². The maximum Gasteiger partial charge on any atom is 0.412 e. The van der Waals surface area contributed by atoms with Crippen LogP contribution in [-0.4, -0.2) is 80.5 Å². The summed E-state index contributed by atoms with van der Waals surface area (Å²) in [7, 11) is -3.06. The number of ether oxygens (including phenoxy) is 2. The van der Waals surface area contributed by atoms with Crippen LogP contribution in [0.3, 0.4) is 0 Å². The fraction of sp³-hybridized carbons (Fsp3) is 0.889. The molecule has 0 aromatic rings. The number of guanidine groups is 1. The van der Waals surface area contributed by atoms with Crippen molar-refractivity contribution in [1.29, 1.82) is 0 Å². The fourth-order valence-electron chi connectivity index (χ4n) is 2.98. The molecule has 2 N–H and O–H groups in total. The second-order valence-electron chi connectivity index (χ2n) is 8.46. The zero-order valence-corrected chi connectivity index (χ0v) is 21.9. The van der Waals surface area contributed by atoms with Crippen molar-refractivity contribution in [2.75, 3.05) is 31.6 Å².